The smallest absolute Gasteiger partial charge is 0.134 e. The standard InChI is InChI=1S/C27H54N4/c1-3-5-7-9-11-13-15-17-19-21-23-26-29-30-27(31(26)25-28)24-22-20-18-16-14-12-10-8-6-4-2/h3-25,28H2,1-2H3. The summed E-state index contributed by atoms with van der Waals surface area (Å²) in [6.45, 7) is 5.09. The van der Waals surface area contributed by atoms with E-state index in [0.717, 1.165) is 24.5 Å². The molecule has 0 radical (unpaired) electrons. The molecular weight excluding hydrogens is 380 g/mol. The number of unbranched alkanes of at least 4 members (excludes halogenated alkanes) is 18. The zero-order valence-corrected chi connectivity index (χ0v) is 21.2. The van der Waals surface area contributed by atoms with Crippen LogP contribution < -0.4 is 5.73 Å². The molecule has 1 aromatic rings. The van der Waals surface area contributed by atoms with Gasteiger partial charge in [0, 0.05) is 12.8 Å². The van der Waals surface area contributed by atoms with E-state index in [0.29, 0.717) is 6.67 Å². The topological polar surface area (TPSA) is 56.7 Å². The lowest BCUT2D eigenvalue weighted by atomic mass is 10.1. The van der Waals surface area contributed by atoms with Gasteiger partial charge in [-0.25, -0.2) is 0 Å². The Morgan fingerprint density at radius 3 is 1.06 bits per heavy atom. The van der Waals surface area contributed by atoms with Gasteiger partial charge in [-0.05, 0) is 12.8 Å². The number of aromatic nitrogens is 3. The van der Waals surface area contributed by atoms with E-state index >= 15 is 0 Å². The number of hydrogen-bond acceptors (Lipinski definition) is 3. The number of aryl methyl sites for hydroxylation is 2. The van der Waals surface area contributed by atoms with Gasteiger partial charge in [0.2, 0.25) is 0 Å². The van der Waals surface area contributed by atoms with Gasteiger partial charge in [-0.1, -0.05) is 129 Å². The summed E-state index contributed by atoms with van der Waals surface area (Å²) in [5.41, 5.74) is 6.02. The van der Waals surface area contributed by atoms with E-state index in [9.17, 15) is 0 Å². The molecule has 4 nitrogen and oxygen atoms in total. The Morgan fingerprint density at radius 1 is 0.484 bits per heavy atom. The van der Waals surface area contributed by atoms with E-state index in [4.69, 9.17) is 5.73 Å². The molecule has 0 aliphatic rings. The van der Waals surface area contributed by atoms with Crippen molar-refractivity contribution in [2.75, 3.05) is 0 Å². The van der Waals surface area contributed by atoms with Gasteiger partial charge in [0.1, 0.15) is 11.6 Å². The number of nitrogens with zero attached hydrogens (tertiary/aromatic N) is 3. The van der Waals surface area contributed by atoms with Crippen LogP contribution in [-0.2, 0) is 19.5 Å². The van der Waals surface area contributed by atoms with Crippen molar-refractivity contribution < 1.29 is 0 Å². The third-order valence-corrected chi connectivity index (χ3v) is 6.59. The lowest BCUT2D eigenvalue weighted by molar-refractivity contribution is 0.541. The minimum absolute atomic E-state index is 0.521. The van der Waals surface area contributed by atoms with Crippen LogP contribution in [0.2, 0.25) is 0 Å². The minimum atomic E-state index is 0.521. The predicted octanol–water partition coefficient (Wildman–Crippen LogP) is 8.12. The molecular formula is C27H54N4. The van der Waals surface area contributed by atoms with Crippen molar-refractivity contribution >= 4 is 0 Å². The van der Waals surface area contributed by atoms with Crippen LogP contribution in [0.1, 0.15) is 154 Å². The second-order valence-corrected chi connectivity index (χ2v) is 9.51. The molecule has 0 aromatic carbocycles. The molecule has 182 valence electrons. The molecule has 0 saturated carbocycles. The first kappa shape index (κ1) is 28.1. The first-order valence-corrected chi connectivity index (χ1v) is 13.9. The van der Waals surface area contributed by atoms with Crippen LogP contribution in [0.5, 0.6) is 0 Å². The van der Waals surface area contributed by atoms with Gasteiger partial charge >= 0.3 is 0 Å². The van der Waals surface area contributed by atoms with E-state index in [2.05, 4.69) is 28.6 Å². The first-order chi connectivity index (χ1) is 15.3. The lowest BCUT2D eigenvalue weighted by Crippen LogP contribution is -2.14. The molecule has 0 fully saturated rings. The van der Waals surface area contributed by atoms with Crippen LogP contribution in [0, 0.1) is 0 Å². The summed E-state index contributed by atoms with van der Waals surface area (Å²) in [4.78, 5) is 0. The largest absolute Gasteiger partial charge is 0.314 e. The van der Waals surface area contributed by atoms with E-state index in [1.807, 2.05) is 0 Å². The average molecular weight is 435 g/mol. The van der Waals surface area contributed by atoms with Gasteiger partial charge in [0.25, 0.3) is 0 Å². The summed E-state index contributed by atoms with van der Waals surface area (Å²) in [6.07, 6.45) is 29.4. The molecule has 0 spiro atoms. The Morgan fingerprint density at radius 2 is 0.774 bits per heavy atom. The van der Waals surface area contributed by atoms with Crippen molar-refractivity contribution in [2.45, 2.75) is 162 Å². The average Bonchev–Trinajstić information content (AvgIpc) is 3.18. The fraction of sp³-hybridized carbons (Fsp3) is 0.926. The third-order valence-electron chi connectivity index (χ3n) is 6.59. The Kier molecular flexibility index (Phi) is 19.0. The minimum Gasteiger partial charge on any atom is -0.314 e. The molecule has 2 N–H and O–H groups in total. The first-order valence-electron chi connectivity index (χ1n) is 13.9. The Balaban J connectivity index is 2.06. The second-order valence-electron chi connectivity index (χ2n) is 9.51. The van der Waals surface area contributed by atoms with E-state index in [-0.39, 0.29) is 0 Å². The fourth-order valence-corrected chi connectivity index (χ4v) is 4.49. The SMILES string of the molecule is CCCCCCCCCCCCc1nnc(CCCCCCCCCCCC)n1CN. The zero-order chi connectivity index (χ0) is 22.4. The number of nitrogens with two attached hydrogens (primary N) is 1. The summed E-state index contributed by atoms with van der Waals surface area (Å²) in [5.74, 6) is 2.20. The maximum absolute atomic E-state index is 6.02. The Bertz CT molecular complexity index is 456. The van der Waals surface area contributed by atoms with Crippen molar-refractivity contribution in [1.29, 1.82) is 0 Å². The van der Waals surface area contributed by atoms with Crippen LogP contribution in [0.15, 0.2) is 0 Å². The molecule has 1 rings (SSSR count). The van der Waals surface area contributed by atoms with Crippen molar-refractivity contribution in [2.24, 2.45) is 5.73 Å². The van der Waals surface area contributed by atoms with Gasteiger partial charge in [-0.3, -0.25) is 0 Å². The van der Waals surface area contributed by atoms with E-state index in [1.54, 1.807) is 0 Å². The highest BCUT2D eigenvalue weighted by Crippen LogP contribution is 2.14. The zero-order valence-electron chi connectivity index (χ0n) is 21.2. The summed E-state index contributed by atoms with van der Waals surface area (Å²) >= 11 is 0. The molecule has 4 heteroatoms. The summed E-state index contributed by atoms with van der Waals surface area (Å²) < 4.78 is 2.17. The molecule has 31 heavy (non-hydrogen) atoms. The predicted molar refractivity (Wildman–Crippen MR) is 135 cm³/mol. The van der Waals surface area contributed by atoms with Crippen LogP contribution >= 0.6 is 0 Å². The van der Waals surface area contributed by atoms with Crippen LogP contribution in [-0.4, -0.2) is 14.8 Å². The van der Waals surface area contributed by atoms with Crippen molar-refractivity contribution in [3.63, 3.8) is 0 Å². The highest BCUT2D eigenvalue weighted by molar-refractivity contribution is 4.96. The lowest BCUT2D eigenvalue weighted by Gasteiger charge is -2.08. The van der Waals surface area contributed by atoms with Gasteiger partial charge < -0.3 is 10.3 Å². The molecule has 0 unspecified atom stereocenters. The van der Waals surface area contributed by atoms with Crippen LogP contribution in [0.4, 0.5) is 0 Å². The Hall–Kier alpha value is -0.900. The molecule has 0 aliphatic carbocycles. The molecule has 0 bridgehead atoms. The van der Waals surface area contributed by atoms with Crippen LogP contribution in [0.25, 0.3) is 0 Å². The highest BCUT2D eigenvalue weighted by atomic mass is 15.3. The Labute approximate surface area is 194 Å². The normalized spacial score (nSPS) is 11.5. The number of rotatable bonds is 23. The van der Waals surface area contributed by atoms with Crippen molar-refractivity contribution in [3.8, 4) is 0 Å². The molecule has 0 aliphatic heterocycles. The van der Waals surface area contributed by atoms with Crippen LogP contribution in [0.3, 0.4) is 0 Å². The molecule has 0 saturated heterocycles. The maximum Gasteiger partial charge on any atom is 0.134 e. The fourth-order valence-electron chi connectivity index (χ4n) is 4.49. The van der Waals surface area contributed by atoms with Crippen molar-refractivity contribution in [3.05, 3.63) is 11.6 Å². The van der Waals surface area contributed by atoms with Gasteiger partial charge in [0.15, 0.2) is 0 Å². The summed E-state index contributed by atoms with van der Waals surface area (Å²) in [5, 5.41) is 8.92. The third kappa shape index (κ3) is 14.7. The quantitative estimate of drug-likeness (QED) is 0.177. The van der Waals surface area contributed by atoms with E-state index in [1.165, 1.54) is 128 Å². The van der Waals surface area contributed by atoms with E-state index < -0.39 is 0 Å². The molecule has 1 heterocycles. The molecule has 0 atom stereocenters. The highest BCUT2D eigenvalue weighted by Gasteiger charge is 2.10. The molecule has 0 amide bonds. The monoisotopic (exact) mass is 434 g/mol. The van der Waals surface area contributed by atoms with Gasteiger partial charge in [0.05, 0.1) is 6.67 Å². The maximum atomic E-state index is 6.02. The summed E-state index contributed by atoms with van der Waals surface area (Å²) in [6, 6.07) is 0. The second kappa shape index (κ2) is 21.0. The summed E-state index contributed by atoms with van der Waals surface area (Å²) in [7, 11) is 0. The van der Waals surface area contributed by atoms with Gasteiger partial charge in [-0.15, -0.1) is 10.2 Å². The van der Waals surface area contributed by atoms with Gasteiger partial charge in [-0.2, -0.15) is 0 Å². The molecule has 1 aromatic heterocycles. The van der Waals surface area contributed by atoms with Crippen molar-refractivity contribution in [1.82, 2.24) is 14.8 Å². The number of hydrogen-bond donors (Lipinski definition) is 1.